The highest BCUT2D eigenvalue weighted by Gasteiger charge is 2.28. The molecule has 0 aliphatic carbocycles. The van der Waals surface area contributed by atoms with Gasteiger partial charge in [-0.25, -0.2) is 18.4 Å². The van der Waals surface area contributed by atoms with E-state index >= 15 is 0 Å². The fraction of sp³-hybridized carbons (Fsp3) is 0.636. The second kappa shape index (κ2) is 4.03. The van der Waals surface area contributed by atoms with Gasteiger partial charge in [0.15, 0.2) is 9.84 Å². The Morgan fingerprint density at radius 1 is 1.35 bits per heavy atom. The van der Waals surface area contributed by atoms with E-state index in [1.54, 1.807) is 6.20 Å². The van der Waals surface area contributed by atoms with Crippen LogP contribution >= 0.6 is 0 Å². The van der Waals surface area contributed by atoms with E-state index in [0.29, 0.717) is 11.6 Å². The third kappa shape index (κ3) is 2.19. The smallest absolute Gasteiger partial charge is 0.160 e. The van der Waals surface area contributed by atoms with Gasteiger partial charge in [-0.2, -0.15) is 0 Å². The Morgan fingerprint density at radius 3 is 3.00 bits per heavy atom. The van der Waals surface area contributed by atoms with Crippen molar-refractivity contribution < 1.29 is 8.42 Å². The highest BCUT2D eigenvalue weighted by atomic mass is 32.2. The quantitative estimate of drug-likeness (QED) is 0.783. The van der Waals surface area contributed by atoms with E-state index in [2.05, 4.69) is 15.3 Å². The first-order valence-corrected chi connectivity index (χ1v) is 7.72. The first-order valence-electron chi connectivity index (χ1n) is 5.90. The van der Waals surface area contributed by atoms with Gasteiger partial charge in [-0.1, -0.05) is 0 Å². The Kier molecular flexibility index (Phi) is 2.63. The average Bonchev–Trinajstić information content (AvgIpc) is 2.63. The van der Waals surface area contributed by atoms with Gasteiger partial charge in [0.25, 0.3) is 0 Å². The SMILES string of the molecule is O=S1(=O)Cc2cnc(C3CCCNC3)nc2C1. The Morgan fingerprint density at radius 2 is 2.24 bits per heavy atom. The van der Waals surface area contributed by atoms with Crippen LogP contribution in [0.3, 0.4) is 0 Å². The summed E-state index contributed by atoms with van der Waals surface area (Å²) in [6.45, 7) is 1.95. The molecule has 2 aliphatic heterocycles. The number of hydrogen-bond acceptors (Lipinski definition) is 5. The highest BCUT2D eigenvalue weighted by molar-refractivity contribution is 7.90. The molecule has 6 heteroatoms. The van der Waals surface area contributed by atoms with Gasteiger partial charge in [-0.3, -0.25) is 0 Å². The van der Waals surface area contributed by atoms with Crippen molar-refractivity contribution in [1.29, 1.82) is 0 Å². The summed E-state index contributed by atoms with van der Waals surface area (Å²) in [6.07, 6.45) is 3.90. The minimum absolute atomic E-state index is 0.0814. The Labute approximate surface area is 101 Å². The lowest BCUT2D eigenvalue weighted by Crippen LogP contribution is -2.29. The van der Waals surface area contributed by atoms with E-state index in [9.17, 15) is 8.42 Å². The molecule has 1 N–H and O–H groups in total. The summed E-state index contributed by atoms with van der Waals surface area (Å²) in [5.41, 5.74) is 1.48. The molecule has 0 amide bonds. The number of nitrogens with zero attached hydrogens (tertiary/aromatic N) is 2. The lowest BCUT2D eigenvalue weighted by atomic mass is 9.99. The van der Waals surface area contributed by atoms with Crippen molar-refractivity contribution in [2.24, 2.45) is 0 Å². The first-order chi connectivity index (χ1) is 8.14. The van der Waals surface area contributed by atoms with Crippen LogP contribution in [-0.4, -0.2) is 31.5 Å². The Bertz CT molecular complexity index is 536. The third-order valence-electron chi connectivity index (χ3n) is 3.37. The van der Waals surface area contributed by atoms with Crippen LogP contribution in [0.4, 0.5) is 0 Å². The number of hydrogen-bond donors (Lipinski definition) is 1. The van der Waals surface area contributed by atoms with Crippen molar-refractivity contribution in [2.75, 3.05) is 13.1 Å². The topological polar surface area (TPSA) is 72.0 Å². The molecule has 2 aliphatic rings. The Hall–Kier alpha value is -1.01. The number of aromatic nitrogens is 2. The molecular weight excluding hydrogens is 238 g/mol. The van der Waals surface area contributed by atoms with Crippen molar-refractivity contribution in [3.63, 3.8) is 0 Å². The minimum Gasteiger partial charge on any atom is -0.316 e. The zero-order valence-corrected chi connectivity index (χ0v) is 10.3. The molecule has 0 spiro atoms. The zero-order chi connectivity index (χ0) is 11.9. The normalized spacial score (nSPS) is 26.7. The predicted molar refractivity (Wildman–Crippen MR) is 63.2 cm³/mol. The van der Waals surface area contributed by atoms with Crippen LogP contribution in [0.2, 0.25) is 0 Å². The summed E-state index contributed by atoms with van der Waals surface area (Å²) in [7, 11) is -2.97. The monoisotopic (exact) mass is 253 g/mol. The van der Waals surface area contributed by atoms with Gasteiger partial charge in [0.05, 0.1) is 17.2 Å². The molecule has 17 heavy (non-hydrogen) atoms. The van der Waals surface area contributed by atoms with Gasteiger partial charge in [0, 0.05) is 24.2 Å². The fourth-order valence-corrected chi connectivity index (χ4v) is 3.95. The van der Waals surface area contributed by atoms with Gasteiger partial charge in [0.1, 0.15) is 5.82 Å². The van der Waals surface area contributed by atoms with Crippen molar-refractivity contribution in [2.45, 2.75) is 30.3 Å². The summed E-state index contributed by atoms with van der Waals surface area (Å²) in [5.74, 6) is 1.31. The van der Waals surface area contributed by atoms with Crippen molar-refractivity contribution >= 4 is 9.84 Å². The van der Waals surface area contributed by atoms with E-state index in [1.807, 2.05) is 0 Å². The fourth-order valence-electron chi connectivity index (χ4n) is 2.47. The van der Waals surface area contributed by atoms with Gasteiger partial charge >= 0.3 is 0 Å². The second-order valence-electron chi connectivity index (χ2n) is 4.78. The van der Waals surface area contributed by atoms with Gasteiger partial charge in [0.2, 0.25) is 0 Å². The largest absolute Gasteiger partial charge is 0.316 e. The van der Waals surface area contributed by atoms with Crippen LogP contribution in [0.15, 0.2) is 6.20 Å². The summed E-state index contributed by atoms with van der Waals surface area (Å²) in [4.78, 5) is 8.77. The van der Waals surface area contributed by atoms with E-state index in [-0.39, 0.29) is 11.5 Å². The van der Waals surface area contributed by atoms with Crippen LogP contribution in [-0.2, 0) is 21.3 Å². The molecule has 1 fully saturated rings. The highest BCUT2D eigenvalue weighted by Crippen LogP contribution is 2.26. The third-order valence-corrected chi connectivity index (χ3v) is 4.83. The van der Waals surface area contributed by atoms with Crippen LogP contribution in [0.1, 0.15) is 35.8 Å². The summed E-state index contributed by atoms with van der Waals surface area (Å²) in [6, 6.07) is 0. The van der Waals surface area contributed by atoms with Crippen LogP contribution in [0.25, 0.3) is 0 Å². The molecule has 1 saturated heterocycles. The molecule has 92 valence electrons. The molecule has 3 rings (SSSR count). The maximum absolute atomic E-state index is 11.5. The number of rotatable bonds is 1. The molecule has 1 aromatic heterocycles. The first kappa shape index (κ1) is 11.1. The molecule has 1 atom stereocenters. The lowest BCUT2D eigenvalue weighted by molar-refractivity contribution is 0.445. The van der Waals surface area contributed by atoms with E-state index < -0.39 is 9.84 Å². The van der Waals surface area contributed by atoms with E-state index in [0.717, 1.165) is 37.3 Å². The predicted octanol–water partition coefficient (Wildman–Crippen LogP) is 0.372. The van der Waals surface area contributed by atoms with Crippen molar-refractivity contribution in [1.82, 2.24) is 15.3 Å². The van der Waals surface area contributed by atoms with Gasteiger partial charge in [-0.05, 0) is 19.4 Å². The zero-order valence-electron chi connectivity index (χ0n) is 9.52. The summed E-state index contributed by atoms with van der Waals surface area (Å²) < 4.78 is 23.0. The van der Waals surface area contributed by atoms with E-state index in [4.69, 9.17) is 0 Å². The van der Waals surface area contributed by atoms with Gasteiger partial charge < -0.3 is 5.32 Å². The number of nitrogens with one attached hydrogen (secondary N) is 1. The molecule has 1 unspecified atom stereocenters. The maximum atomic E-state index is 11.5. The summed E-state index contributed by atoms with van der Waals surface area (Å²) in [5, 5.41) is 3.32. The Balaban J connectivity index is 1.90. The van der Waals surface area contributed by atoms with E-state index in [1.165, 1.54) is 0 Å². The molecule has 0 aromatic carbocycles. The molecule has 3 heterocycles. The van der Waals surface area contributed by atoms with Gasteiger partial charge in [-0.15, -0.1) is 0 Å². The number of sulfone groups is 1. The standard InChI is InChI=1S/C11H15N3O2S/c15-17(16)6-9-5-13-11(14-10(9)7-17)8-2-1-3-12-4-8/h5,8,12H,1-4,6-7H2. The molecule has 1 aromatic rings. The van der Waals surface area contributed by atoms with Crippen LogP contribution < -0.4 is 5.32 Å². The van der Waals surface area contributed by atoms with Crippen LogP contribution in [0.5, 0.6) is 0 Å². The average molecular weight is 253 g/mol. The molecule has 0 bridgehead atoms. The molecule has 0 saturated carbocycles. The van der Waals surface area contributed by atoms with Crippen molar-refractivity contribution in [3.05, 3.63) is 23.3 Å². The summed E-state index contributed by atoms with van der Waals surface area (Å²) >= 11 is 0. The molecular formula is C11H15N3O2S. The maximum Gasteiger partial charge on any atom is 0.160 e. The molecule has 0 radical (unpaired) electrons. The number of piperidine rings is 1. The molecule has 5 nitrogen and oxygen atoms in total. The van der Waals surface area contributed by atoms with Crippen LogP contribution in [0, 0.1) is 0 Å². The number of fused-ring (bicyclic) bond motifs is 1. The van der Waals surface area contributed by atoms with Crippen molar-refractivity contribution in [3.8, 4) is 0 Å². The lowest BCUT2D eigenvalue weighted by Gasteiger charge is -2.21. The minimum atomic E-state index is -2.97. The second-order valence-corrected chi connectivity index (χ2v) is 6.84.